The molecule has 3 rings (SSSR count). The van der Waals surface area contributed by atoms with E-state index in [-0.39, 0.29) is 16.9 Å². The van der Waals surface area contributed by atoms with Crippen LogP contribution in [-0.2, 0) is 0 Å². The Morgan fingerprint density at radius 3 is 2.62 bits per heavy atom. The number of carbonyl (C=O) groups is 1. The van der Waals surface area contributed by atoms with Crippen molar-refractivity contribution in [2.24, 2.45) is 0 Å². The van der Waals surface area contributed by atoms with Crippen LogP contribution in [0.15, 0.2) is 41.2 Å². The van der Waals surface area contributed by atoms with E-state index in [1.807, 2.05) is 0 Å². The molecule has 1 heterocycles. The molecule has 6 nitrogen and oxygen atoms in total. The van der Waals surface area contributed by atoms with Crippen molar-refractivity contribution in [3.63, 3.8) is 0 Å². The number of H-pyrrole nitrogens is 2. The van der Waals surface area contributed by atoms with Gasteiger partial charge in [0.1, 0.15) is 5.82 Å². The second-order valence-corrected chi connectivity index (χ2v) is 4.53. The normalized spacial score (nSPS) is 10.7. The van der Waals surface area contributed by atoms with Crippen LogP contribution in [0.5, 0.6) is 0 Å². The van der Waals surface area contributed by atoms with Crippen molar-refractivity contribution in [2.45, 2.75) is 0 Å². The fourth-order valence-corrected chi connectivity index (χ4v) is 2.02. The van der Waals surface area contributed by atoms with Gasteiger partial charge in [-0.2, -0.15) is 0 Å². The van der Waals surface area contributed by atoms with Crippen molar-refractivity contribution in [3.05, 3.63) is 58.3 Å². The van der Waals surface area contributed by atoms with Crippen molar-refractivity contribution < 1.29 is 9.18 Å². The molecule has 21 heavy (non-hydrogen) atoms. The van der Waals surface area contributed by atoms with E-state index in [0.29, 0.717) is 16.7 Å². The summed E-state index contributed by atoms with van der Waals surface area (Å²) in [6.45, 7) is 0. The molecule has 0 radical (unpaired) electrons. The molecule has 0 fully saturated rings. The number of hydrogen-bond acceptors (Lipinski definition) is 3. The summed E-state index contributed by atoms with van der Waals surface area (Å²) in [7, 11) is 0. The molecule has 0 bridgehead atoms. The molecule has 7 heteroatoms. The van der Waals surface area contributed by atoms with Crippen molar-refractivity contribution in [1.29, 1.82) is 0 Å². The predicted molar refractivity (Wildman–Crippen MR) is 77.7 cm³/mol. The van der Waals surface area contributed by atoms with Gasteiger partial charge in [0.05, 0.1) is 16.6 Å². The van der Waals surface area contributed by atoms with Crippen molar-refractivity contribution in [2.75, 3.05) is 11.1 Å². The Kier molecular flexibility index (Phi) is 2.94. The van der Waals surface area contributed by atoms with Gasteiger partial charge in [0.25, 0.3) is 5.91 Å². The SMILES string of the molecule is Nc1ccc(C(=O)Nc2ccc3[nH]c(=O)[nH]c3c2)c(F)c1. The first kappa shape index (κ1) is 12.9. The maximum atomic E-state index is 13.7. The third-order valence-electron chi connectivity index (χ3n) is 3.01. The van der Waals surface area contributed by atoms with Gasteiger partial charge in [-0.05, 0) is 36.4 Å². The van der Waals surface area contributed by atoms with Crippen LogP contribution in [0, 0.1) is 5.82 Å². The zero-order valence-corrected chi connectivity index (χ0v) is 10.7. The van der Waals surface area contributed by atoms with Gasteiger partial charge in [-0.15, -0.1) is 0 Å². The minimum Gasteiger partial charge on any atom is -0.399 e. The molecule has 0 spiro atoms. The summed E-state index contributed by atoms with van der Waals surface area (Å²) in [4.78, 5) is 28.3. The van der Waals surface area contributed by atoms with Gasteiger partial charge in [0.2, 0.25) is 0 Å². The largest absolute Gasteiger partial charge is 0.399 e. The van der Waals surface area contributed by atoms with Crippen LogP contribution in [0.3, 0.4) is 0 Å². The summed E-state index contributed by atoms with van der Waals surface area (Å²) >= 11 is 0. The molecule has 1 aromatic heterocycles. The lowest BCUT2D eigenvalue weighted by molar-refractivity contribution is 0.102. The van der Waals surface area contributed by atoms with E-state index in [1.54, 1.807) is 18.2 Å². The van der Waals surface area contributed by atoms with Gasteiger partial charge in [0.15, 0.2) is 0 Å². The second-order valence-electron chi connectivity index (χ2n) is 4.53. The number of fused-ring (bicyclic) bond motifs is 1. The quantitative estimate of drug-likeness (QED) is 0.540. The summed E-state index contributed by atoms with van der Waals surface area (Å²) in [6.07, 6.45) is 0. The van der Waals surface area contributed by atoms with Crippen LogP contribution >= 0.6 is 0 Å². The van der Waals surface area contributed by atoms with Crippen LogP contribution in [0.1, 0.15) is 10.4 Å². The lowest BCUT2D eigenvalue weighted by Crippen LogP contribution is -2.13. The zero-order valence-electron chi connectivity index (χ0n) is 10.7. The summed E-state index contributed by atoms with van der Waals surface area (Å²) in [6, 6.07) is 8.69. The third kappa shape index (κ3) is 2.48. The Morgan fingerprint density at radius 1 is 1.10 bits per heavy atom. The molecule has 0 aliphatic carbocycles. The maximum absolute atomic E-state index is 13.7. The minimum absolute atomic E-state index is 0.105. The number of halogens is 1. The highest BCUT2D eigenvalue weighted by Crippen LogP contribution is 2.17. The second kappa shape index (κ2) is 4.78. The summed E-state index contributed by atoms with van der Waals surface area (Å²) in [5.74, 6) is -1.28. The first-order valence-electron chi connectivity index (χ1n) is 6.11. The molecule has 1 amide bonds. The lowest BCUT2D eigenvalue weighted by Gasteiger charge is -2.06. The van der Waals surface area contributed by atoms with Crippen LogP contribution < -0.4 is 16.7 Å². The number of benzene rings is 2. The highest BCUT2D eigenvalue weighted by atomic mass is 19.1. The van der Waals surface area contributed by atoms with Gasteiger partial charge < -0.3 is 21.0 Å². The monoisotopic (exact) mass is 286 g/mol. The molecular formula is C14H11FN4O2. The van der Waals surface area contributed by atoms with Gasteiger partial charge in [-0.25, -0.2) is 9.18 Å². The Bertz CT molecular complexity index is 897. The van der Waals surface area contributed by atoms with E-state index in [0.717, 1.165) is 6.07 Å². The fourth-order valence-electron chi connectivity index (χ4n) is 2.02. The number of aromatic amines is 2. The third-order valence-corrected chi connectivity index (χ3v) is 3.01. The molecular weight excluding hydrogens is 275 g/mol. The minimum atomic E-state index is -0.691. The van der Waals surface area contributed by atoms with E-state index < -0.39 is 11.7 Å². The average molecular weight is 286 g/mol. The molecule has 0 saturated carbocycles. The number of aromatic nitrogens is 2. The fraction of sp³-hybridized carbons (Fsp3) is 0. The summed E-state index contributed by atoms with van der Waals surface area (Å²) in [5, 5.41) is 2.56. The number of nitrogens with two attached hydrogens (primary N) is 1. The molecule has 0 atom stereocenters. The number of nitrogen functional groups attached to an aromatic ring is 1. The Hall–Kier alpha value is -3.09. The number of carbonyl (C=O) groups excluding carboxylic acids is 1. The molecule has 106 valence electrons. The van der Waals surface area contributed by atoms with E-state index in [9.17, 15) is 14.0 Å². The van der Waals surface area contributed by atoms with Crippen molar-refractivity contribution in [3.8, 4) is 0 Å². The topological polar surface area (TPSA) is 104 Å². The van der Waals surface area contributed by atoms with E-state index in [2.05, 4.69) is 15.3 Å². The highest BCUT2D eigenvalue weighted by molar-refractivity contribution is 6.05. The molecule has 3 aromatic rings. The average Bonchev–Trinajstić information content (AvgIpc) is 2.77. The van der Waals surface area contributed by atoms with Crippen LogP contribution in [0.4, 0.5) is 15.8 Å². The summed E-state index contributed by atoms with van der Waals surface area (Å²) < 4.78 is 13.7. The van der Waals surface area contributed by atoms with Gasteiger partial charge in [-0.1, -0.05) is 0 Å². The summed E-state index contributed by atoms with van der Waals surface area (Å²) in [5.41, 5.74) is 6.86. The number of hydrogen-bond donors (Lipinski definition) is 4. The Balaban J connectivity index is 1.90. The highest BCUT2D eigenvalue weighted by Gasteiger charge is 2.12. The van der Waals surface area contributed by atoms with Crippen LogP contribution in [-0.4, -0.2) is 15.9 Å². The van der Waals surface area contributed by atoms with Crippen molar-refractivity contribution in [1.82, 2.24) is 9.97 Å². The molecule has 2 aromatic carbocycles. The van der Waals surface area contributed by atoms with Crippen molar-refractivity contribution >= 4 is 28.3 Å². The molecule has 0 aliphatic rings. The lowest BCUT2D eigenvalue weighted by atomic mass is 10.1. The van der Waals surface area contributed by atoms with Gasteiger partial charge in [-0.3, -0.25) is 4.79 Å². The first-order chi connectivity index (χ1) is 10.0. The smallest absolute Gasteiger partial charge is 0.323 e. The van der Waals surface area contributed by atoms with E-state index >= 15 is 0 Å². The number of anilines is 2. The number of imidazole rings is 1. The molecule has 0 aliphatic heterocycles. The molecule has 0 unspecified atom stereocenters. The zero-order chi connectivity index (χ0) is 15.0. The van der Waals surface area contributed by atoms with E-state index in [1.165, 1.54) is 12.1 Å². The Morgan fingerprint density at radius 2 is 1.86 bits per heavy atom. The molecule has 0 saturated heterocycles. The standard InChI is InChI=1S/C14H11FN4O2/c15-10-5-7(16)1-3-9(10)13(20)17-8-2-4-11-12(6-8)19-14(21)18-11/h1-6H,16H2,(H,17,20)(H2,18,19,21). The first-order valence-corrected chi connectivity index (χ1v) is 6.11. The number of rotatable bonds is 2. The maximum Gasteiger partial charge on any atom is 0.323 e. The Labute approximate surface area is 117 Å². The van der Waals surface area contributed by atoms with Gasteiger partial charge in [0, 0.05) is 11.4 Å². The van der Waals surface area contributed by atoms with Crippen LogP contribution in [0.25, 0.3) is 11.0 Å². The predicted octanol–water partition coefficient (Wildman–Crippen LogP) is 1.83. The number of amides is 1. The molecule has 5 N–H and O–H groups in total. The van der Waals surface area contributed by atoms with E-state index in [4.69, 9.17) is 5.73 Å². The van der Waals surface area contributed by atoms with Crippen LogP contribution in [0.2, 0.25) is 0 Å². The number of nitrogens with one attached hydrogen (secondary N) is 3. The van der Waals surface area contributed by atoms with Gasteiger partial charge >= 0.3 is 5.69 Å².